The number of hydrogen-bond donors (Lipinski definition) is 2. The van der Waals surface area contributed by atoms with E-state index in [1.54, 1.807) is 0 Å². The maximum Gasteiger partial charge on any atom is 0.306 e. The molecular weight excluding hydrogens is 390 g/mol. The number of aliphatic carboxylic acids is 1. The molecule has 0 bridgehead atoms. The van der Waals surface area contributed by atoms with E-state index in [1.807, 2.05) is 18.2 Å². The first-order valence-electron chi connectivity index (χ1n) is 6.46. The predicted molar refractivity (Wildman–Crippen MR) is 83.6 cm³/mol. The van der Waals surface area contributed by atoms with Crippen molar-refractivity contribution in [1.29, 1.82) is 0 Å². The third kappa shape index (κ3) is 3.82. The summed E-state index contributed by atoms with van der Waals surface area (Å²) in [5, 5.41) is 11.9. The van der Waals surface area contributed by atoms with Gasteiger partial charge in [0.2, 0.25) is 5.91 Å². The van der Waals surface area contributed by atoms with Crippen LogP contribution in [0.1, 0.15) is 25.7 Å². The van der Waals surface area contributed by atoms with Gasteiger partial charge in [0.1, 0.15) is 0 Å². The Labute approximate surface area is 134 Å². The normalized spacial score (nSPS) is 22.3. The van der Waals surface area contributed by atoms with Gasteiger partial charge in [-0.3, -0.25) is 9.59 Å². The molecule has 1 amide bonds. The quantitative estimate of drug-likeness (QED) is 0.798. The van der Waals surface area contributed by atoms with Crippen LogP contribution < -0.4 is 5.32 Å². The molecule has 2 N–H and O–H groups in total. The molecule has 0 aromatic heterocycles. The first-order chi connectivity index (χ1) is 9.47. The molecule has 1 aliphatic carbocycles. The van der Waals surface area contributed by atoms with Gasteiger partial charge in [0.25, 0.3) is 0 Å². The molecular formula is C14H15Br2NO3. The van der Waals surface area contributed by atoms with Crippen molar-refractivity contribution in [3.05, 3.63) is 27.1 Å². The SMILES string of the molecule is O=C(O)C1CCCC(C(=O)Nc2cc(Br)ccc2Br)C1. The summed E-state index contributed by atoms with van der Waals surface area (Å²) in [4.78, 5) is 23.3. The molecule has 20 heavy (non-hydrogen) atoms. The number of rotatable bonds is 3. The number of anilines is 1. The fourth-order valence-corrected chi connectivity index (χ4v) is 3.19. The number of carboxylic acids is 1. The fourth-order valence-electron chi connectivity index (χ4n) is 2.48. The molecule has 2 rings (SSSR count). The Morgan fingerprint density at radius 1 is 1.20 bits per heavy atom. The number of carbonyl (C=O) groups excluding carboxylic acids is 1. The van der Waals surface area contributed by atoms with Gasteiger partial charge in [-0.2, -0.15) is 0 Å². The average molecular weight is 405 g/mol. The van der Waals surface area contributed by atoms with Crippen molar-refractivity contribution in [3.63, 3.8) is 0 Å². The van der Waals surface area contributed by atoms with Crippen molar-refractivity contribution in [2.24, 2.45) is 11.8 Å². The van der Waals surface area contributed by atoms with Crippen molar-refractivity contribution in [2.45, 2.75) is 25.7 Å². The molecule has 0 heterocycles. The van der Waals surface area contributed by atoms with E-state index in [0.29, 0.717) is 18.5 Å². The second-order valence-electron chi connectivity index (χ2n) is 5.01. The average Bonchev–Trinajstić information content (AvgIpc) is 2.43. The lowest BCUT2D eigenvalue weighted by Crippen LogP contribution is -2.31. The molecule has 2 unspecified atom stereocenters. The minimum Gasteiger partial charge on any atom is -0.481 e. The van der Waals surface area contributed by atoms with Crippen LogP contribution in [0.4, 0.5) is 5.69 Å². The molecule has 1 aliphatic rings. The summed E-state index contributed by atoms with van der Waals surface area (Å²) >= 11 is 6.75. The van der Waals surface area contributed by atoms with Gasteiger partial charge in [-0.05, 0) is 53.4 Å². The zero-order chi connectivity index (χ0) is 14.7. The molecule has 1 aromatic carbocycles. The van der Waals surface area contributed by atoms with Gasteiger partial charge in [-0.25, -0.2) is 0 Å². The van der Waals surface area contributed by atoms with Crippen LogP contribution in [0.2, 0.25) is 0 Å². The van der Waals surface area contributed by atoms with E-state index in [0.717, 1.165) is 21.8 Å². The molecule has 4 nitrogen and oxygen atoms in total. The van der Waals surface area contributed by atoms with Gasteiger partial charge in [-0.15, -0.1) is 0 Å². The van der Waals surface area contributed by atoms with Gasteiger partial charge in [-0.1, -0.05) is 22.4 Å². The van der Waals surface area contributed by atoms with Crippen LogP contribution >= 0.6 is 31.9 Å². The van der Waals surface area contributed by atoms with Crippen molar-refractivity contribution in [1.82, 2.24) is 0 Å². The number of amides is 1. The number of nitrogens with one attached hydrogen (secondary N) is 1. The summed E-state index contributed by atoms with van der Waals surface area (Å²) in [7, 11) is 0. The predicted octanol–water partition coefficient (Wildman–Crippen LogP) is 4.04. The van der Waals surface area contributed by atoms with Crippen LogP contribution in [-0.2, 0) is 9.59 Å². The van der Waals surface area contributed by atoms with E-state index in [-0.39, 0.29) is 11.8 Å². The maximum atomic E-state index is 12.3. The third-order valence-corrected chi connectivity index (χ3v) is 4.77. The highest BCUT2D eigenvalue weighted by atomic mass is 79.9. The summed E-state index contributed by atoms with van der Waals surface area (Å²) < 4.78 is 1.68. The second-order valence-corrected chi connectivity index (χ2v) is 6.78. The zero-order valence-corrected chi connectivity index (χ0v) is 13.9. The smallest absolute Gasteiger partial charge is 0.306 e. The van der Waals surface area contributed by atoms with Gasteiger partial charge < -0.3 is 10.4 Å². The Morgan fingerprint density at radius 3 is 2.60 bits per heavy atom. The van der Waals surface area contributed by atoms with Gasteiger partial charge in [0.15, 0.2) is 0 Å². The molecule has 108 valence electrons. The molecule has 1 aromatic rings. The molecule has 2 atom stereocenters. The Bertz CT molecular complexity index is 533. The highest BCUT2D eigenvalue weighted by molar-refractivity contribution is 9.11. The van der Waals surface area contributed by atoms with Crippen LogP contribution in [0.15, 0.2) is 27.1 Å². The molecule has 0 aliphatic heterocycles. The number of carboxylic acid groups (broad SMARTS) is 1. The van der Waals surface area contributed by atoms with Crippen LogP contribution in [0.3, 0.4) is 0 Å². The molecule has 1 fully saturated rings. The van der Waals surface area contributed by atoms with Gasteiger partial charge >= 0.3 is 5.97 Å². The highest BCUT2D eigenvalue weighted by Crippen LogP contribution is 2.32. The fraction of sp³-hybridized carbons (Fsp3) is 0.429. The summed E-state index contributed by atoms with van der Waals surface area (Å²) in [5.41, 5.74) is 0.696. The number of carbonyl (C=O) groups is 2. The summed E-state index contributed by atoms with van der Waals surface area (Å²) in [6.07, 6.45) is 2.63. The maximum absolute atomic E-state index is 12.3. The van der Waals surface area contributed by atoms with E-state index >= 15 is 0 Å². The van der Waals surface area contributed by atoms with Crippen LogP contribution in [0.25, 0.3) is 0 Å². The standard InChI is InChI=1S/C14H15Br2NO3/c15-10-4-5-11(16)12(7-10)17-13(18)8-2-1-3-9(6-8)14(19)20/h4-5,7-9H,1-3,6H2,(H,17,18)(H,19,20). The summed E-state index contributed by atoms with van der Waals surface area (Å²) in [6, 6.07) is 5.54. The summed E-state index contributed by atoms with van der Waals surface area (Å²) in [6.45, 7) is 0. The van der Waals surface area contributed by atoms with Crippen LogP contribution in [-0.4, -0.2) is 17.0 Å². The number of halogens is 2. The minimum absolute atomic E-state index is 0.102. The lowest BCUT2D eigenvalue weighted by atomic mass is 9.81. The lowest BCUT2D eigenvalue weighted by molar-refractivity contribution is -0.143. The number of benzene rings is 1. The van der Waals surface area contributed by atoms with Crippen molar-refractivity contribution in [3.8, 4) is 0 Å². The molecule has 6 heteroatoms. The first kappa shape index (κ1) is 15.5. The topological polar surface area (TPSA) is 66.4 Å². The third-order valence-electron chi connectivity index (χ3n) is 3.58. The van der Waals surface area contributed by atoms with E-state index in [1.165, 1.54) is 0 Å². The van der Waals surface area contributed by atoms with Crippen LogP contribution in [0, 0.1) is 11.8 Å². The molecule has 1 saturated carbocycles. The van der Waals surface area contributed by atoms with E-state index in [2.05, 4.69) is 37.2 Å². The van der Waals surface area contributed by atoms with E-state index < -0.39 is 11.9 Å². The second kappa shape index (κ2) is 6.72. The van der Waals surface area contributed by atoms with Crippen LogP contribution in [0.5, 0.6) is 0 Å². The highest BCUT2D eigenvalue weighted by Gasteiger charge is 2.31. The van der Waals surface area contributed by atoms with Gasteiger partial charge in [0, 0.05) is 14.9 Å². The van der Waals surface area contributed by atoms with Gasteiger partial charge in [0.05, 0.1) is 11.6 Å². The number of hydrogen-bond acceptors (Lipinski definition) is 2. The van der Waals surface area contributed by atoms with Crippen molar-refractivity contribution >= 4 is 49.4 Å². The molecule has 0 saturated heterocycles. The largest absolute Gasteiger partial charge is 0.481 e. The summed E-state index contributed by atoms with van der Waals surface area (Å²) in [5.74, 6) is -1.53. The Kier molecular flexibility index (Phi) is 5.21. The van der Waals surface area contributed by atoms with E-state index in [9.17, 15) is 9.59 Å². The molecule has 0 radical (unpaired) electrons. The monoisotopic (exact) mass is 403 g/mol. The minimum atomic E-state index is -0.800. The first-order valence-corrected chi connectivity index (χ1v) is 8.04. The van der Waals surface area contributed by atoms with Crippen molar-refractivity contribution < 1.29 is 14.7 Å². The zero-order valence-electron chi connectivity index (χ0n) is 10.7. The van der Waals surface area contributed by atoms with E-state index in [4.69, 9.17) is 5.11 Å². The Hall–Kier alpha value is -0.880. The Balaban J connectivity index is 2.04. The van der Waals surface area contributed by atoms with Crippen molar-refractivity contribution in [2.75, 3.05) is 5.32 Å². The molecule has 0 spiro atoms. The Morgan fingerprint density at radius 2 is 1.90 bits per heavy atom. The lowest BCUT2D eigenvalue weighted by Gasteiger charge is -2.25.